The molecule has 0 radical (unpaired) electrons. The third-order valence-corrected chi connectivity index (χ3v) is 3.54. The van der Waals surface area contributed by atoms with Crippen LogP contribution in [0.2, 0.25) is 5.02 Å². The van der Waals surface area contributed by atoms with E-state index in [1.165, 1.54) is 4.68 Å². The van der Waals surface area contributed by atoms with Gasteiger partial charge < -0.3 is 10.4 Å². The molecule has 1 atom stereocenters. The monoisotopic (exact) mass is 321 g/mol. The number of nitrogens with zero attached hydrogens (tertiary/aromatic N) is 2. The molecule has 1 aromatic carbocycles. The number of aryl methyl sites for hydroxylation is 2. The van der Waals surface area contributed by atoms with Crippen LogP contribution in [0.15, 0.2) is 30.3 Å². The van der Waals surface area contributed by atoms with Crippen molar-refractivity contribution < 1.29 is 14.7 Å². The van der Waals surface area contributed by atoms with Crippen molar-refractivity contribution in [3.63, 3.8) is 0 Å². The highest BCUT2D eigenvalue weighted by atomic mass is 35.5. The summed E-state index contributed by atoms with van der Waals surface area (Å²) < 4.78 is 1.45. The van der Waals surface area contributed by atoms with Gasteiger partial charge in [0.2, 0.25) is 0 Å². The third-order valence-electron chi connectivity index (χ3n) is 3.20. The normalized spacial score (nSPS) is 12.0. The Kier molecular flexibility index (Phi) is 4.82. The first kappa shape index (κ1) is 16.0. The van der Waals surface area contributed by atoms with Gasteiger partial charge in [-0.2, -0.15) is 5.10 Å². The molecule has 0 fully saturated rings. The molecule has 6 nitrogen and oxygen atoms in total. The molecular formula is C15H16ClN3O3. The zero-order valence-electron chi connectivity index (χ0n) is 12.2. The van der Waals surface area contributed by atoms with Crippen LogP contribution in [0.4, 0.5) is 0 Å². The van der Waals surface area contributed by atoms with Crippen molar-refractivity contribution in [1.29, 1.82) is 0 Å². The van der Waals surface area contributed by atoms with Crippen LogP contribution < -0.4 is 5.32 Å². The van der Waals surface area contributed by atoms with Gasteiger partial charge in [0.25, 0.3) is 5.91 Å². The molecule has 1 aromatic heterocycles. The summed E-state index contributed by atoms with van der Waals surface area (Å²) in [6.07, 6.45) is -0.258. The average molecular weight is 322 g/mol. The number of hydrogen-bond acceptors (Lipinski definition) is 3. The molecule has 22 heavy (non-hydrogen) atoms. The summed E-state index contributed by atoms with van der Waals surface area (Å²) in [6.45, 7) is 1.78. The molecule has 0 bridgehead atoms. The second-order valence-electron chi connectivity index (χ2n) is 4.94. The van der Waals surface area contributed by atoms with E-state index in [-0.39, 0.29) is 6.42 Å². The predicted molar refractivity (Wildman–Crippen MR) is 81.9 cm³/mol. The molecule has 0 aliphatic rings. The van der Waals surface area contributed by atoms with Gasteiger partial charge in [-0.05, 0) is 24.6 Å². The van der Waals surface area contributed by atoms with Crippen molar-refractivity contribution in [2.24, 2.45) is 7.05 Å². The number of carbonyl (C=O) groups excluding carboxylic acids is 1. The van der Waals surface area contributed by atoms with Crippen molar-refractivity contribution in [2.75, 3.05) is 0 Å². The fraction of sp³-hybridized carbons (Fsp3) is 0.267. The first-order valence-corrected chi connectivity index (χ1v) is 7.04. The van der Waals surface area contributed by atoms with E-state index in [1.807, 2.05) is 0 Å². The average Bonchev–Trinajstić information content (AvgIpc) is 2.77. The molecule has 0 aliphatic heterocycles. The predicted octanol–water partition coefficient (Wildman–Crippen LogP) is 2.33. The highest BCUT2D eigenvalue weighted by molar-refractivity contribution is 6.31. The lowest BCUT2D eigenvalue weighted by Crippen LogP contribution is -2.31. The van der Waals surface area contributed by atoms with Gasteiger partial charge in [-0.3, -0.25) is 14.3 Å². The van der Waals surface area contributed by atoms with Crippen LogP contribution in [0, 0.1) is 6.92 Å². The van der Waals surface area contributed by atoms with Gasteiger partial charge in [0.1, 0.15) is 5.69 Å². The zero-order valence-corrected chi connectivity index (χ0v) is 13.0. The maximum absolute atomic E-state index is 12.3. The van der Waals surface area contributed by atoms with Crippen molar-refractivity contribution in [3.8, 4) is 0 Å². The number of rotatable bonds is 5. The Bertz CT molecular complexity index is 712. The van der Waals surface area contributed by atoms with Gasteiger partial charge in [-0.15, -0.1) is 0 Å². The minimum atomic E-state index is -1.02. The summed E-state index contributed by atoms with van der Waals surface area (Å²) in [4.78, 5) is 23.4. The van der Waals surface area contributed by atoms with Gasteiger partial charge in [0, 0.05) is 12.1 Å². The fourth-order valence-electron chi connectivity index (χ4n) is 2.23. The SMILES string of the molecule is Cc1cc(C(=O)N[C@@H](CC(=O)O)c2ccccc2Cl)n(C)n1. The van der Waals surface area contributed by atoms with E-state index < -0.39 is 17.9 Å². The van der Waals surface area contributed by atoms with Gasteiger partial charge in [-0.25, -0.2) is 0 Å². The highest BCUT2D eigenvalue weighted by Gasteiger charge is 2.22. The molecular weight excluding hydrogens is 306 g/mol. The van der Waals surface area contributed by atoms with Crippen LogP contribution in [0.25, 0.3) is 0 Å². The van der Waals surface area contributed by atoms with Gasteiger partial charge >= 0.3 is 5.97 Å². The summed E-state index contributed by atoms with van der Waals surface area (Å²) in [5.41, 5.74) is 1.64. The van der Waals surface area contributed by atoms with Crippen LogP contribution >= 0.6 is 11.6 Å². The minimum absolute atomic E-state index is 0.258. The minimum Gasteiger partial charge on any atom is -0.481 e. The quantitative estimate of drug-likeness (QED) is 0.885. The number of amides is 1. The van der Waals surface area contributed by atoms with Crippen LogP contribution in [0.1, 0.15) is 34.2 Å². The van der Waals surface area contributed by atoms with E-state index in [9.17, 15) is 9.59 Å². The molecule has 0 spiro atoms. The molecule has 2 N–H and O–H groups in total. The first-order valence-electron chi connectivity index (χ1n) is 6.66. The standard InChI is InChI=1S/C15H16ClN3O3/c1-9-7-13(19(2)18-9)15(22)17-12(8-14(20)21)10-5-3-4-6-11(10)16/h3-7,12H,8H2,1-2H3,(H,17,22)(H,20,21)/t12-/m0/s1. The first-order chi connectivity index (χ1) is 10.4. The molecule has 1 amide bonds. The number of aliphatic carboxylic acids is 1. The number of carboxylic acids is 1. The number of aromatic nitrogens is 2. The number of carbonyl (C=O) groups is 2. The summed E-state index contributed by atoms with van der Waals surface area (Å²) >= 11 is 6.11. The lowest BCUT2D eigenvalue weighted by Gasteiger charge is -2.18. The molecule has 0 unspecified atom stereocenters. The zero-order chi connectivity index (χ0) is 16.3. The Labute approximate surface area is 132 Å². The molecule has 1 heterocycles. The van der Waals surface area contributed by atoms with Crippen LogP contribution in [-0.4, -0.2) is 26.8 Å². The third kappa shape index (κ3) is 3.65. The summed E-state index contributed by atoms with van der Waals surface area (Å²) in [5, 5.41) is 16.3. The number of halogens is 1. The lowest BCUT2D eigenvalue weighted by atomic mass is 10.0. The summed E-state index contributed by atoms with van der Waals surface area (Å²) in [7, 11) is 1.66. The second-order valence-corrected chi connectivity index (χ2v) is 5.35. The van der Waals surface area contributed by atoms with Crippen molar-refractivity contribution in [3.05, 3.63) is 52.3 Å². The van der Waals surface area contributed by atoms with Gasteiger partial charge in [0.15, 0.2) is 0 Å². The molecule has 0 saturated carbocycles. The van der Waals surface area contributed by atoms with Crippen molar-refractivity contribution >= 4 is 23.5 Å². The largest absolute Gasteiger partial charge is 0.481 e. The fourth-order valence-corrected chi connectivity index (χ4v) is 2.49. The van der Waals surface area contributed by atoms with Gasteiger partial charge in [-0.1, -0.05) is 29.8 Å². The lowest BCUT2D eigenvalue weighted by molar-refractivity contribution is -0.137. The summed E-state index contributed by atoms with van der Waals surface area (Å²) in [5.74, 6) is -1.42. The second kappa shape index (κ2) is 6.62. The Hall–Kier alpha value is -2.34. The maximum Gasteiger partial charge on any atom is 0.305 e. The number of hydrogen-bond donors (Lipinski definition) is 2. The molecule has 116 valence electrons. The van der Waals surface area contributed by atoms with Crippen LogP contribution in [0.5, 0.6) is 0 Å². The Morgan fingerprint density at radius 1 is 1.41 bits per heavy atom. The smallest absolute Gasteiger partial charge is 0.305 e. The van der Waals surface area contributed by atoms with E-state index in [2.05, 4.69) is 10.4 Å². The maximum atomic E-state index is 12.3. The van der Waals surface area contributed by atoms with Crippen LogP contribution in [0.3, 0.4) is 0 Å². The Morgan fingerprint density at radius 3 is 2.64 bits per heavy atom. The number of nitrogens with one attached hydrogen (secondary N) is 1. The molecule has 7 heteroatoms. The van der Waals surface area contributed by atoms with E-state index in [0.29, 0.717) is 22.0 Å². The van der Waals surface area contributed by atoms with Crippen LogP contribution in [-0.2, 0) is 11.8 Å². The van der Waals surface area contributed by atoms with E-state index in [1.54, 1.807) is 44.3 Å². The topological polar surface area (TPSA) is 84.2 Å². The summed E-state index contributed by atoms with van der Waals surface area (Å²) in [6, 6.07) is 7.78. The highest BCUT2D eigenvalue weighted by Crippen LogP contribution is 2.25. The molecule has 0 aliphatic carbocycles. The molecule has 2 rings (SSSR count). The van der Waals surface area contributed by atoms with E-state index >= 15 is 0 Å². The Morgan fingerprint density at radius 2 is 2.09 bits per heavy atom. The van der Waals surface area contributed by atoms with E-state index in [4.69, 9.17) is 16.7 Å². The number of benzene rings is 1. The van der Waals surface area contributed by atoms with E-state index in [0.717, 1.165) is 0 Å². The van der Waals surface area contributed by atoms with Crippen molar-refractivity contribution in [2.45, 2.75) is 19.4 Å². The molecule has 0 saturated heterocycles. The Balaban J connectivity index is 2.27. The molecule has 2 aromatic rings. The number of carboxylic acid groups (broad SMARTS) is 1. The van der Waals surface area contributed by atoms with Gasteiger partial charge in [0.05, 0.1) is 18.2 Å². The van der Waals surface area contributed by atoms with Crippen molar-refractivity contribution in [1.82, 2.24) is 15.1 Å².